The number of ether oxygens (including phenoxy) is 2. The molecule has 0 bridgehead atoms. The molecule has 1 aromatic heterocycles. The molecule has 7 nitrogen and oxygen atoms in total. The van der Waals surface area contributed by atoms with Crippen molar-refractivity contribution >= 4 is 34.5 Å². The normalized spacial score (nSPS) is 10.8. The third-order valence-corrected chi connectivity index (χ3v) is 5.02. The number of benzene rings is 2. The van der Waals surface area contributed by atoms with Crippen LogP contribution in [0.15, 0.2) is 60.1 Å². The first-order chi connectivity index (χ1) is 14.6. The van der Waals surface area contributed by atoms with E-state index in [-0.39, 0.29) is 16.7 Å². The predicted octanol–water partition coefficient (Wildman–Crippen LogP) is 4.36. The van der Waals surface area contributed by atoms with Gasteiger partial charge in [0.15, 0.2) is 0 Å². The highest BCUT2D eigenvalue weighted by Gasteiger charge is 2.16. The van der Waals surface area contributed by atoms with E-state index in [9.17, 15) is 14.9 Å². The van der Waals surface area contributed by atoms with E-state index < -0.39 is 11.9 Å². The number of rotatable bonds is 6. The lowest BCUT2D eigenvalue weighted by Crippen LogP contribution is -2.08. The van der Waals surface area contributed by atoms with Crippen LogP contribution in [0.2, 0.25) is 0 Å². The molecule has 1 heterocycles. The van der Waals surface area contributed by atoms with E-state index in [0.29, 0.717) is 10.7 Å². The van der Waals surface area contributed by atoms with Gasteiger partial charge in [0.25, 0.3) is 0 Å². The van der Waals surface area contributed by atoms with Crippen molar-refractivity contribution in [2.24, 2.45) is 0 Å². The summed E-state index contributed by atoms with van der Waals surface area (Å²) in [4.78, 5) is 28.4. The second-order valence-electron chi connectivity index (χ2n) is 5.96. The lowest BCUT2D eigenvalue weighted by atomic mass is 10.1. The molecule has 0 spiro atoms. The van der Waals surface area contributed by atoms with Gasteiger partial charge in [-0.15, -0.1) is 11.3 Å². The SMILES string of the molecule is COC(=O)c1ccc(C(=O)OC)c(NC=C(C#N)c2nc(-c3ccccc3)cs2)c1. The minimum atomic E-state index is -0.582. The van der Waals surface area contributed by atoms with Gasteiger partial charge < -0.3 is 14.8 Å². The summed E-state index contributed by atoms with van der Waals surface area (Å²) >= 11 is 1.33. The van der Waals surface area contributed by atoms with Gasteiger partial charge in [-0.1, -0.05) is 30.3 Å². The standard InChI is InChI=1S/C22H17N3O4S/c1-28-21(26)15-8-9-17(22(27)29-2)18(10-15)24-12-16(11-23)20-25-19(13-30-20)14-6-4-3-5-7-14/h3-10,12-13,24H,1-2H3. The molecule has 0 amide bonds. The highest BCUT2D eigenvalue weighted by Crippen LogP contribution is 2.26. The van der Waals surface area contributed by atoms with Crippen molar-refractivity contribution in [3.63, 3.8) is 0 Å². The molecular weight excluding hydrogens is 402 g/mol. The van der Waals surface area contributed by atoms with Crippen LogP contribution in [-0.2, 0) is 9.47 Å². The van der Waals surface area contributed by atoms with Crippen molar-refractivity contribution in [2.45, 2.75) is 0 Å². The maximum atomic E-state index is 12.1. The molecule has 0 fully saturated rings. The van der Waals surface area contributed by atoms with E-state index >= 15 is 0 Å². The van der Waals surface area contributed by atoms with Crippen molar-refractivity contribution in [2.75, 3.05) is 19.5 Å². The maximum Gasteiger partial charge on any atom is 0.339 e. The van der Waals surface area contributed by atoms with Gasteiger partial charge in [0, 0.05) is 17.1 Å². The molecule has 0 unspecified atom stereocenters. The minimum Gasteiger partial charge on any atom is -0.465 e. The molecule has 0 aliphatic carbocycles. The van der Waals surface area contributed by atoms with E-state index in [1.54, 1.807) is 0 Å². The Morgan fingerprint density at radius 1 is 1.10 bits per heavy atom. The van der Waals surface area contributed by atoms with Crippen LogP contribution in [0.4, 0.5) is 5.69 Å². The molecule has 2 aromatic carbocycles. The summed E-state index contributed by atoms with van der Waals surface area (Å²) in [5, 5.41) is 14.9. The van der Waals surface area contributed by atoms with Gasteiger partial charge in [-0.3, -0.25) is 0 Å². The molecule has 3 aromatic rings. The van der Waals surface area contributed by atoms with Gasteiger partial charge in [-0.05, 0) is 18.2 Å². The smallest absolute Gasteiger partial charge is 0.339 e. The average molecular weight is 419 g/mol. The fourth-order valence-corrected chi connectivity index (χ4v) is 3.42. The Labute approximate surface area is 177 Å². The van der Waals surface area contributed by atoms with Crippen molar-refractivity contribution in [3.8, 4) is 17.3 Å². The predicted molar refractivity (Wildman–Crippen MR) is 114 cm³/mol. The maximum absolute atomic E-state index is 12.1. The number of hydrogen-bond donors (Lipinski definition) is 1. The summed E-state index contributed by atoms with van der Waals surface area (Å²) < 4.78 is 9.50. The zero-order chi connectivity index (χ0) is 21.5. The van der Waals surface area contributed by atoms with Gasteiger partial charge >= 0.3 is 11.9 Å². The van der Waals surface area contributed by atoms with E-state index in [1.807, 2.05) is 35.7 Å². The summed E-state index contributed by atoms with van der Waals surface area (Å²) in [6, 6.07) is 16.1. The van der Waals surface area contributed by atoms with Crippen molar-refractivity contribution in [1.82, 2.24) is 4.98 Å². The number of thiazole rings is 1. The van der Waals surface area contributed by atoms with Gasteiger partial charge in [0.2, 0.25) is 0 Å². The van der Waals surface area contributed by atoms with Crippen LogP contribution >= 0.6 is 11.3 Å². The third-order valence-electron chi connectivity index (χ3n) is 4.14. The van der Waals surface area contributed by atoms with Gasteiger partial charge in [0.05, 0.1) is 36.7 Å². The van der Waals surface area contributed by atoms with Gasteiger partial charge in [-0.25, -0.2) is 14.6 Å². The Bertz CT molecular complexity index is 1150. The quantitative estimate of drug-likeness (QED) is 0.468. The summed E-state index contributed by atoms with van der Waals surface area (Å²) in [6.45, 7) is 0. The minimum absolute atomic E-state index is 0.211. The van der Waals surface area contributed by atoms with E-state index in [2.05, 4.69) is 16.4 Å². The number of allylic oxidation sites excluding steroid dienone is 1. The molecule has 0 saturated heterocycles. The monoisotopic (exact) mass is 419 g/mol. The Hall–Kier alpha value is -3.96. The number of carbonyl (C=O) groups is 2. The fourth-order valence-electron chi connectivity index (χ4n) is 2.63. The first-order valence-corrected chi connectivity index (χ1v) is 9.64. The number of methoxy groups -OCH3 is 2. The van der Waals surface area contributed by atoms with Crippen LogP contribution in [0.5, 0.6) is 0 Å². The molecule has 3 rings (SSSR count). The zero-order valence-corrected chi connectivity index (χ0v) is 17.0. The molecular formula is C22H17N3O4S. The zero-order valence-electron chi connectivity index (χ0n) is 16.2. The van der Waals surface area contributed by atoms with Crippen molar-refractivity contribution in [1.29, 1.82) is 5.26 Å². The number of carbonyl (C=O) groups excluding carboxylic acids is 2. The van der Waals surface area contributed by atoms with E-state index in [0.717, 1.165) is 11.3 Å². The number of anilines is 1. The molecule has 0 aliphatic heterocycles. The number of esters is 2. The summed E-state index contributed by atoms with van der Waals surface area (Å²) in [6.07, 6.45) is 1.44. The first-order valence-electron chi connectivity index (χ1n) is 8.76. The molecule has 0 saturated carbocycles. The lowest BCUT2D eigenvalue weighted by Gasteiger charge is -2.10. The van der Waals surface area contributed by atoms with Crippen LogP contribution in [0, 0.1) is 11.3 Å². The Morgan fingerprint density at radius 3 is 2.50 bits per heavy atom. The van der Waals surface area contributed by atoms with Crippen LogP contribution in [0.1, 0.15) is 25.7 Å². The molecule has 0 radical (unpaired) electrons. The van der Waals surface area contributed by atoms with Crippen LogP contribution in [0.25, 0.3) is 16.8 Å². The number of nitriles is 1. The van der Waals surface area contributed by atoms with Crippen molar-refractivity contribution in [3.05, 3.63) is 76.2 Å². The average Bonchev–Trinajstić information content (AvgIpc) is 3.29. The molecule has 1 N–H and O–H groups in total. The Morgan fingerprint density at radius 2 is 1.83 bits per heavy atom. The first kappa shape index (κ1) is 20.8. The Kier molecular flexibility index (Phi) is 6.57. The Balaban J connectivity index is 1.93. The van der Waals surface area contributed by atoms with Crippen LogP contribution < -0.4 is 5.32 Å². The van der Waals surface area contributed by atoms with E-state index in [1.165, 1.54) is 50.0 Å². The highest BCUT2D eigenvalue weighted by molar-refractivity contribution is 7.11. The molecule has 0 aliphatic rings. The second-order valence-corrected chi connectivity index (χ2v) is 6.82. The number of nitrogens with one attached hydrogen (secondary N) is 1. The topological polar surface area (TPSA) is 101 Å². The largest absolute Gasteiger partial charge is 0.465 e. The molecule has 8 heteroatoms. The van der Waals surface area contributed by atoms with Crippen LogP contribution in [-0.4, -0.2) is 31.1 Å². The molecule has 30 heavy (non-hydrogen) atoms. The van der Waals surface area contributed by atoms with Crippen molar-refractivity contribution < 1.29 is 19.1 Å². The fraction of sp³-hybridized carbons (Fsp3) is 0.0909. The second kappa shape index (κ2) is 9.49. The number of aromatic nitrogens is 1. The number of nitrogens with zero attached hydrogens (tertiary/aromatic N) is 2. The summed E-state index contributed by atoms with van der Waals surface area (Å²) in [7, 11) is 2.53. The number of hydrogen-bond acceptors (Lipinski definition) is 8. The molecule has 0 atom stereocenters. The lowest BCUT2D eigenvalue weighted by molar-refractivity contribution is 0.0587. The highest BCUT2D eigenvalue weighted by atomic mass is 32.1. The molecule has 150 valence electrons. The summed E-state index contributed by atoms with van der Waals surface area (Å²) in [5.41, 5.74) is 2.76. The van der Waals surface area contributed by atoms with Gasteiger partial charge in [0.1, 0.15) is 16.6 Å². The third kappa shape index (κ3) is 4.54. The van der Waals surface area contributed by atoms with Crippen LogP contribution in [0.3, 0.4) is 0 Å². The summed E-state index contributed by atoms with van der Waals surface area (Å²) in [5.74, 6) is -1.13. The van der Waals surface area contributed by atoms with Gasteiger partial charge in [-0.2, -0.15) is 5.26 Å². The van der Waals surface area contributed by atoms with E-state index in [4.69, 9.17) is 9.47 Å².